The number of carbonyl (C=O) groups is 1. The molecule has 3 rings (SSSR count). The van der Waals surface area contributed by atoms with Crippen LogP contribution in [0.1, 0.15) is 12.0 Å². The molecule has 1 N–H and O–H groups in total. The third kappa shape index (κ3) is 5.04. The first-order valence-corrected chi connectivity index (χ1v) is 9.22. The number of aromatic nitrogens is 1. The fourth-order valence-corrected chi connectivity index (χ4v) is 3.18. The van der Waals surface area contributed by atoms with Gasteiger partial charge in [-0.05, 0) is 43.3 Å². The number of nitrogens with one attached hydrogen (secondary N) is 1. The molecule has 2 aromatic carbocycles. The van der Waals surface area contributed by atoms with Crippen LogP contribution in [-0.2, 0) is 4.79 Å². The van der Waals surface area contributed by atoms with Crippen LogP contribution in [0.25, 0.3) is 11.3 Å². The smallest absolute Gasteiger partial charge is 0.229 e. The molecule has 0 bridgehead atoms. The summed E-state index contributed by atoms with van der Waals surface area (Å²) in [5.74, 6) is 0.725. The average molecular weight is 386 g/mol. The highest BCUT2D eigenvalue weighted by Gasteiger charge is 2.12. The highest BCUT2D eigenvalue weighted by atomic mass is 32.1. The van der Waals surface area contributed by atoms with Gasteiger partial charge in [-0.1, -0.05) is 11.6 Å². The summed E-state index contributed by atoms with van der Waals surface area (Å²) in [5.41, 5.74) is 2.73. The van der Waals surface area contributed by atoms with E-state index < -0.39 is 0 Å². The van der Waals surface area contributed by atoms with Crippen LogP contribution in [0.4, 0.5) is 9.52 Å². The van der Waals surface area contributed by atoms with Crippen molar-refractivity contribution in [2.45, 2.75) is 13.3 Å². The number of thiazole rings is 1. The monoisotopic (exact) mass is 386 g/mol. The average Bonchev–Trinajstić information content (AvgIpc) is 3.11. The number of hydrogen-bond acceptors (Lipinski definition) is 5. The third-order valence-electron chi connectivity index (χ3n) is 3.79. The van der Waals surface area contributed by atoms with E-state index in [9.17, 15) is 9.18 Å². The number of rotatable bonds is 7. The molecule has 0 atom stereocenters. The van der Waals surface area contributed by atoms with Gasteiger partial charge in [0.2, 0.25) is 5.91 Å². The maximum Gasteiger partial charge on any atom is 0.229 e. The summed E-state index contributed by atoms with van der Waals surface area (Å²) in [5, 5.41) is 5.16. The largest absolute Gasteiger partial charge is 0.496 e. The first-order chi connectivity index (χ1) is 13.0. The standard InChI is InChI=1S/C20H19FN2O3S/c1-13-3-8-18(25-2)16(11-13)17-12-27-20(22-17)23-19(24)9-10-26-15-6-4-14(21)5-7-15/h3-8,11-12H,9-10H2,1-2H3,(H,22,23,24). The molecule has 1 heterocycles. The molecule has 1 aromatic heterocycles. The topological polar surface area (TPSA) is 60.5 Å². The Morgan fingerprint density at radius 3 is 2.74 bits per heavy atom. The highest BCUT2D eigenvalue weighted by Crippen LogP contribution is 2.33. The zero-order valence-electron chi connectivity index (χ0n) is 15.0. The van der Waals surface area contributed by atoms with E-state index in [1.54, 1.807) is 7.11 Å². The Morgan fingerprint density at radius 1 is 1.22 bits per heavy atom. The summed E-state index contributed by atoms with van der Waals surface area (Å²) in [6.07, 6.45) is 0.167. The van der Waals surface area contributed by atoms with Gasteiger partial charge in [0.1, 0.15) is 17.3 Å². The van der Waals surface area contributed by atoms with E-state index in [1.807, 2.05) is 30.5 Å². The van der Waals surface area contributed by atoms with E-state index >= 15 is 0 Å². The second-order valence-corrected chi connectivity index (χ2v) is 6.70. The van der Waals surface area contributed by atoms with Gasteiger partial charge >= 0.3 is 0 Å². The van der Waals surface area contributed by atoms with Crippen LogP contribution in [0.2, 0.25) is 0 Å². The molecule has 0 spiro atoms. The van der Waals surface area contributed by atoms with Crippen LogP contribution in [0.15, 0.2) is 47.8 Å². The van der Waals surface area contributed by atoms with E-state index in [2.05, 4.69) is 10.3 Å². The molecular weight excluding hydrogens is 367 g/mol. The van der Waals surface area contributed by atoms with Crippen molar-refractivity contribution in [3.05, 3.63) is 59.2 Å². The maximum atomic E-state index is 12.8. The fraction of sp³-hybridized carbons (Fsp3) is 0.200. The quantitative estimate of drug-likeness (QED) is 0.641. The molecule has 0 unspecified atom stereocenters. The third-order valence-corrected chi connectivity index (χ3v) is 4.55. The summed E-state index contributed by atoms with van der Waals surface area (Å²) >= 11 is 1.35. The van der Waals surface area contributed by atoms with Crippen LogP contribution < -0.4 is 14.8 Å². The lowest BCUT2D eigenvalue weighted by Gasteiger charge is -2.07. The Labute approximate surface area is 160 Å². The van der Waals surface area contributed by atoms with Crippen molar-refractivity contribution < 1.29 is 18.7 Å². The van der Waals surface area contributed by atoms with Gasteiger partial charge in [0.05, 0.1) is 25.8 Å². The molecule has 27 heavy (non-hydrogen) atoms. The SMILES string of the molecule is COc1ccc(C)cc1-c1csc(NC(=O)CCOc2ccc(F)cc2)n1. The Bertz CT molecular complexity index is 925. The molecule has 0 aliphatic rings. The van der Waals surface area contributed by atoms with Crippen LogP contribution in [0.3, 0.4) is 0 Å². The number of ether oxygens (including phenoxy) is 2. The van der Waals surface area contributed by atoms with Gasteiger partial charge in [0, 0.05) is 10.9 Å². The highest BCUT2D eigenvalue weighted by molar-refractivity contribution is 7.14. The van der Waals surface area contributed by atoms with Crippen molar-refractivity contribution in [2.75, 3.05) is 19.0 Å². The van der Waals surface area contributed by atoms with E-state index in [-0.39, 0.29) is 24.8 Å². The van der Waals surface area contributed by atoms with Gasteiger partial charge in [-0.3, -0.25) is 4.79 Å². The van der Waals surface area contributed by atoms with E-state index in [1.165, 1.54) is 35.6 Å². The van der Waals surface area contributed by atoms with Gasteiger partial charge in [-0.2, -0.15) is 0 Å². The number of hydrogen-bond donors (Lipinski definition) is 1. The molecule has 0 saturated heterocycles. The molecule has 0 aliphatic heterocycles. The number of halogens is 1. The van der Waals surface area contributed by atoms with Crippen molar-refractivity contribution in [2.24, 2.45) is 0 Å². The molecule has 0 fully saturated rings. The van der Waals surface area contributed by atoms with Crippen LogP contribution in [0, 0.1) is 12.7 Å². The number of aryl methyl sites for hydroxylation is 1. The minimum absolute atomic E-state index is 0.167. The zero-order chi connectivity index (χ0) is 19.2. The second kappa shape index (κ2) is 8.64. The predicted octanol–water partition coefficient (Wildman–Crippen LogP) is 4.67. The number of methoxy groups -OCH3 is 1. The number of benzene rings is 2. The molecule has 5 nitrogen and oxygen atoms in total. The Balaban J connectivity index is 1.56. The molecule has 140 valence electrons. The summed E-state index contributed by atoms with van der Waals surface area (Å²) in [7, 11) is 1.62. The molecule has 7 heteroatoms. The van der Waals surface area contributed by atoms with E-state index in [0.29, 0.717) is 10.9 Å². The molecule has 3 aromatic rings. The lowest BCUT2D eigenvalue weighted by atomic mass is 10.1. The molecule has 0 radical (unpaired) electrons. The molecule has 0 saturated carbocycles. The van der Waals surface area contributed by atoms with Gasteiger partial charge < -0.3 is 14.8 Å². The fourth-order valence-electron chi connectivity index (χ4n) is 2.45. The van der Waals surface area contributed by atoms with Gasteiger partial charge in [0.15, 0.2) is 5.13 Å². The lowest BCUT2D eigenvalue weighted by Crippen LogP contribution is -2.15. The van der Waals surface area contributed by atoms with Crippen LogP contribution >= 0.6 is 11.3 Å². The number of amides is 1. The zero-order valence-corrected chi connectivity index (χ0v) is 15.8. The Hall–Kier alpha value is -2.93. The van der Waals surface area contributed by atoms with Gasteiger partial charge in [-0.15, -0.1) is 11.3 Å². The van der Waals surface area contributed by atoms with Crippen LogP contribution in [-0.4, -0.2) is 24.6 Å². The summed E-state index contributed by atoms with van der Waals surface area (Å²) in [4.78, 5) is 16.5. The Kier molecular flexibility index (Phi) is 6.03. The van der Waals surface area contributed by atoms with Gasteiger partial charge in [-0.25, -0.2) is 9.37 Å². The second-order valence-electron chi connectivity index (χ2n) is 5.84. The first-order valence-electron chi connectivity index (χ1n) is 8.34. The maximum absolute atomic E-state index is 12.8. The van der Waals surface area contributed by atoms with Crippen molar-refractivity contribution in [3.63, 3.8) is 0 Å². The predicted molar refractivity (Wildman–Crippen MR) is 104 cm³/mol. The summed E-state index contributed by atoms with van der Waals surface area (Å²) in [6, 6.07) is 11.5. The minimum atomic E-state index is -0.329. The molecular formula is C20H19FN2O3S. The Morgan fingerprint density at radius 2 is 2.00 bits per heavy atom. The van der Waals surface area contributed by atoms with Crippen molar-refractivity contribution in [3.8, 4) is 22.8 Å². The van der Waals surface area contributed by atoms with Crippen molar-refractivity contribution >= 4 is 22.4 Å². The van der Waals surface area contributed by atoms with Gasteiger partial charge in [0.25, 0.3) is 0 Å². The normalized spacial score (nSPS) is 10.5. The molecule has 0 aliphatic carbocycles. The number of carbonyl (C=O) groups excluding carboxylic acids is 1. The summed E-state index contributed by atoms with van der Waals surface area (Å²) < 4.78 is 23.7. The summed E-state index contributed by atoms with van der Waals surface area (Å²) in [6.45, 7) is 2.19. The van der Waals surface area contributed by atoms with Crippen molar-refractivity contribution in [1.82, 2.24) is 4.98 Å². The van der Waals surface area contributed by atoms with E-state index in [0.717, 1.165) is 22.6 Å². The first kappa shape index (κ1) is 18.8. The van der Waals surface area contributed by atoms with E-state index in [4.69, 9.17) is 9.47 Å². The lowest BCUT2D eigenvalue weighted by molar-refractivity contribution is -0.116. The minimum Gasteiger partial charge on any atom is -0.496 e. The van der Waals surface area contributed by atoms with Crippen molar-refractivity contribution in [1.29, 1.82) is 0 Å². The molecule has 1 amide bonds. The number of anilines is 1. The van der Waals surface area contributed by atoms with Crippen LogP contribution in [0.5, 0.6) is 11.5 Å². The number of nitrogens with zero attached hydrogens (tertiary/aromatic N) is 1.